The van der Waals surface area contributed by atoms with Gasteiger partial charge < -0.3 is 9.47 Å². The normalized spacial score (nSPS) is 17.9. The standard InChI is InChI=1S/C23H15BrN2O3S/c24-18-13-20-19(28-14-29-20)11-15(18)12-21-22(27)26(17-9-5-2-6-10-17)23(30-21)25-16-7-3-1-4-8-16/h1-13H,14H2/b21-12+,25-23?. The van der Waals surface area contributed by atoms with Gasteiger partial charge in [0, 0.05) is 4.47 Å². The number of rotatable bonds is 3. The van der Waals surface area contributed by atoms with Gasteiger partial charge in [-0.25, -0.2) is 4.99 Å². The molecule has 0 bridgehead atoms. The van der Waals surface area contributed by atoms with Crippen LogP contribution in [0.3, 0.4) is 0 Å². The first kappa shape index (κ1) is 19.0. The fourth-order valence-electron chi connectivity index (χ4n) is 3.15. The summed E-state index contributed by atoms with van der Waals surface area (Å²) in [7, 11) is 0. The Kier molecular flexibility index (Phi) is 5.06. The third-order valence-corrected chi connectivity index (χ3v) is 6.24. The van der Waals surface area contributed by atoms with Crippen molar-refractivity contribution >= 4 is 56.2 Å². The average Bonchev–Trinajstić information content (AvgIpc) is 3.33. The van der Waals surface area contributed by atoms with E-state index in [0.29, 0.717) is 21.6 Å². The largest absolute Gasteiger partial charge is 0.454 e. The second-order valence-electron chi connectivity index (χ2n) is 6.54. The van der Waals surface area contributed by atoms with Gasteiger partial charge in [0.05, 0.1) is 16.3 Å². The second-order valence-corrected chi connectivity index (χ2v) is 8.41. The molecular formula is C23H15BrN2O3S. The number of ether oxygens (including phenoxy) is 2. The number of thioether (sulfide) groups is 1. The first-order valence-electron chi connectivity index (χ1n) is 9.21. The zero-order chi connectivity index (χ0) is 20.5. The summed E-state index contributed by atoms with van der Waals surface area (Å²) in [6, 6.07) is 22.9. The number of hydrogen-bond acceptors (Lipinski definition) is 5. The SMILES string of the molecule is O=C1/C(=C\c2cc3c(cc2Br)OCO3)SC(=Nc2ccccc2)N1c1ccccc1. The monoisotopic (exact) mass is 478 g/mol. The predicted molar refractivity (Wildman–Crippen MR) is 123 cm³/mol. The quantitative estimate of drug-likeness (QED) is 0.434. The number of nitrogens with zero attached hydrogens (tertiary/aromatic N) is 2. The number of carbonyl (C=O) groups excluding carboxylic acids is 1. The van der Waals surface area contributed by atoms with E-state index < -0.39 is 0 Å². The molecule has 3 aromatic carbocycles. The molecule has 0 unspecified atom stereocenters. The first-order chi connectivity index (χ1) is 14.7. The van der Waals surface area contributed by atoms with Crippen molar-refractivity contribution < 1.29 is 14.3 Å². The molecule has 3 aromatic rings. The van der Waals surface area contributed by atoms with Gasteiger partial charge in [-0.3, -0.25) is 9.69 Å². The number of hydrogen-bond donors (Lipinski definition) is 0. The van der Waals surface area contributed by atoms with Crippen LogP contribution in [0.2, 0.25) is 0 Å². The smallest absolute Gasteiger partial charge is 0.271 e. The molecule has 1 amide bonds. The van der Waals surface area contributed by atoms with Crippen LogP contribution in [0.15, 0.2) is 87.2 Å². The fourth-order valence-corrected chi connectivity index (χ4v) is 4.58. The summed E-state index contributed by atoms with van der Waals surface area (Å²) in [5.41, 5.74) is 2.40. The van der Waals surface area contributed by atoms with Crippen LogP contribution in [0.4, 0.5) is 11.4 Å². The van der Waals surface area contributed by atoms with E-state index in [1.165, 1.54) is 11.8 Å². The van der Waals surface area contributed by atoms with Crippen molar-refractivity contribution in [1.82, 2.24) is 0 Å². The Morgan fingerprint density at radius 3 is 2.37 bits per heavy atom. The minimum Gasteiger partial charge on any atom is -0.454 e. The van der Waals surface area contributed by atoms with Crippen molar-refractivity contribution in [3.05, 3.63) is 87.7 Å². The minimum atomic E-state index is -0.120. The number of carbonyl (C=O) groups is 1. The molecule has 0 radical (unpaired) electrons. The first-order valence-corrected chi connectivity index (χ1v) is 10.8. The van der Waals surface area contributed by atoms with E-state index in [4.69, 9.17) is 14.5 Å². The lowest BCUT2D eigenvalue weighted by Gasteiger charge is -2.15. The third-order valence-electron chi connectivity index (χ3n) is 4.58. The molecule has 0 spiro atoms. The van der Waals surface area contributed by atoms with Crippen LogP contribution in [0.5, 0.6) is 11.5 Å². The molecule has 1 fully saturated rings. The molecule has 5 rings (SSSR count). The van der Waals surface area contributed by atoms with Crippen molar-refractivity contribution in [2.24, 2.45) is 4.99 Å². The molecule has 2 aliphatic rings. The van der Waals surface area contributed by atoms with Gasteiger partial charge in [-0.2, -0.15) is 0 Å². The molecule has 2 aliphatic heterocycles. The number of para-hydroxylation sites is 2. The number of anilines is 1. The van der Waals surface area contributed by atoms with Gasteiger partial charge in [-0.15, -0.1) is 0 Å². The summed E-state index contributed by atoms with van der Waals surface area (Å²) in [6.45, 7) is 0.200. The van der Waals surface area contributed by atoms with E-state index in [-0.39, 0.29) is 12.7 Å². The fraction of sp³-hybridized carbons (Fsp3) is 0.0435. The number of aliphatic imine (C=N–C) groups is 1. The van der Waals surface area contributed by atoms with Crippen molar-refractivity contribution in [3.8, 4) is 11.5 Å². The Morgan fingerprint density at radius 1 is 0.967 bits per heavy atom. The van der Waals surface area contributed by atoms with E-state index in [2.05, 4.69) is 15.9 Å². The Morgan fingerprint density at radius 2 is 1.63 bits per heavy atom. The number of fused-ring (bicyclic) bond motifs is 1. The molecule has 2 heterocycles. The zero-order valence-corrected chi connectivity index (χ0v) is 18.0. The van der Waals surface area contributed by atoms with E-state index >= 15 is 0 Å². The summed E-state index contributed by atoms with van der Waals surface area (Å²) < 4.78 is 11.7. The number of amides is 1. The van der Waals surface area contributed by atoms with E-state index in [0.717, 1.165) is 21.4 Å². The maximum absolute atomic E-state index is 13.3. The van der Waals surface area contributed by atoms with Crippen molar-refractivity contribution in [2.45, 2.75) is 0 Å². The topological polar surface area (TPSA) is 51.1 Å². The molecule has 0 atom stereocenters. The highest BCUT2D eigenvalue weighted by Gasteiger charge is 2.35. The Labute approximate surface area is 186 Å². The number of amidine groups is 1. The van der Waals surface area contributed by atoms with Crippen LogP contribution in [-0.2, 0) is 4.79 Å². The summed E-state index contributed by atoms with van der Waals surface area (Å²) in [4.78, 5) is 20.3. The van der Waals surface area contributed by atoms with Crippen LogP contribution in [0.1, 0.15) is 5.56 Å². The average molecular weight is 479 g/mol. The van der Waals surface area contributed by atoms with Crippen LogP contribution in [0.25, 0.3) is 6.08 Å². The third kappa shape index (κ3) is 3.62. The van der Waals surface area contributed by atoms with Crippen LogP contribution in [-0.4, -0.2) is 17.9 Å². The number of halogens is 1. The summed E-state index contributed by atoms with van der Waals surface area (Å²) in [5.74, 6) is 1.23. The lowest BCUT2D eigenvalue weighted by atomic mass is 10.2. The maximum Gasteiger partial charge on any atom is 0.271 e. The minimum absolute atomic E-state index is 0.120. The van der Waals surface area contributed by atoms with E-state index in [1.807, 2.05) is 78.9 Å². The molecule has 30 heavy (non-hydrogen) atoms. The van der Waals surface area contributed by atoms with Crippen LogP contribution < -0.4 is 14.4 Å². The summed E-state index contributed by atoms with van der Waals surface area (Å²) in [5, 5.41) is 0.612. The molecule has 1 saturated heterocycles. The van der Waals surface area contributed by atoms with Gasteiger partial charge in [0.15, 0.2) is 16.7 Å². The maximum atomic E-state index is 13.3. The zero-order valence-electron chi connectivity index (χ0n) is 15.6. The van der Waals surface area contributed by atoms with E-state index in [9.17, 15) is 4.79 Å². The van der Waals surface area contributed by atoms with Crippen molar-refractivity contribution in [2.75, 3.05) is 11.7 Å². The summed E-state index contributed by atoms with van der Waals surface area (Å²) in [6.07, 6.45) is 1.85. The molecule has 0 aromatic heterocycles. The Bertz CT molecular complexity index is 1180. The lowest BCUT2D eigenvalue weighted by molar-refractivity contribution is -0.113. The highest BCUT2D eigenvalue weighted by Crippen LogP contribution is 2.41. The summed E-state index contributed by atoms with van der Waals surface area (Å²) >= 11 is 4.91. The second kappa shape index (κ2) is 8.01. The molecule has 0 aliphatic carbocycles. The van der Waals surface area contributed by atoms with Crippen LogP contribution in [0, 0.1) is 0 Å². The van der Waals surface area contributed by atoms with Crippen molar-refractivity contribution in [1.29, 1.82) is 0 Å². The van der Waals surface area contributed by atoms with Gasteiger partial charge in [0.2, 0.25) is 6.79 Å². The van der Waals surface area contributed by atoms with Gasteiger partial charge in [0.1, 0.15) is 0 Å². The van der Waals surface area contributed by atoms with Gasteiger partial charge in [-0.05, 0) is 59.8 Å². The molecule has 5 nitrogen and oxygen atoms in total. The Hall–Kier alpha value is -3.03. The van der Waals surface area contributed by atoms with Crippen molar-refractivity contribution in [3.63, 3.8) is 0 Å². The Balaban J connectivity index is 1.57. The lowest BCUT2D eigenvalue weighted by Crippen LogP contribution is -2.28. The molecule has 0 saturated carbocycles. The molecule has 0 N–H and O–H groups in total. The van der Waals surface area contributed by atoms with E-state index in [1.54, 1.807) is 4.90 Å². The van der Waals surface area contributed by atoms with Gasteiger partial charge in [0.25, 0.3) is 5.91 Å². The highest BCUT2D eigenvalue weighted by molar-refractivity contribution is 9.10. The molecule has 148 valence electrons. The van der Waals surface area contributed by atoms with Gasteiger partial charge >= 0.3 is 0 Å². The van der Waals surface area contributed by atoms with Crippen LogP contribution >= 0.6 is 27.7 Å². The molecular weight excluding hydrogens is 464 g/mol. The molecule has 7 heteroatoms. The highest BCUT2D eigenvalue weighted by atomic mass is 79.9. The predicted octanol–water partition coefficient (Wildman–Crippen LogP) is 5.99. The van der Waals surface area contributed by atoms with Gasteiger partial charge in [-0.1, -0.05) is 52.3 Å². The number of benzene rings is 3.